The van der Waals surface area contributed by atoms with Gasteiger partial charge in [-0.05, 0) is 31.2 Å². The third-order valence-corrected chi connectivity index (χ3v) is 3.84. The van der Waals surface area contributed by atoms with E-state index in [0.29, 0.717) is 0 Å². The Labute approximate surface area is 134 Å². The summed E-state index contributed by atoms with van der Waals surface area (Å²) in [5.74, 6) is -6.49. The molecule has 1 N–H and O–H groups in total. The van der Waals surface area contributed by atoms with Crippen LogP contribution in [0.4, 0.5) is 17.6 Å². The van der Waals surface area contributed by atoms with Gasteiger partial charge in [0.15, 0.2) is 6.10 Å². The Hall–Kier alpha value is -2.32. The predicted molar refractivity (Wildman–Crippen MR) is 73.7 cm³/mol. The molecule has 5 nitrogen and oxygen atoms in total. The SMILES string of the molecule is CC(Oc1ccc(F)cc1)C(=O)N1C[C@@H](C(F)(F)F)[C@H](C(=O)O)C1. The Kier molecular flexibility index (Phi) is 5.00. The van der Waals surface area contributed by atoms with Gasteiger partial charge in [0.05, 0.1) is 11.8 Å². The topological polar surface area (TPSA) is 66.8 Å². The molecule has 1 amide bonds. The highest BCUT2D eigenvalue weighted by atomic mass is 19.4. The molecule has 0 aliphatic carbocycles. The number of hydrogen-bond acceptors (Lipinski definition) is 3. The van der Waals surface area contributed by atoms with Gasteiger partial charge in [-0.2, -0.15) is 13.2 Å². The van der Waals surface area contributed by atoms with Gasteiger partial charge in [-0.3, -0.25) is 9.59 Å². The molecular formula is C15H15F4NO4. The van der Waals surface area contributed by atoms with Crippen molar-refractivity contribution < 1.29 is 37.0 Å². The summed E-state index contributed by atoms with van der Waals surface area (Å²) in [4.78, 5) is 24.1. The Morgan fingerprint density at radius 2 is 1.83 bits per heavy atom. The number of ether oxygens (including phenoxy) is 1. The number of likely N-dealkylation sites (tertiary alicyclic amines) is 1. The molecule has 2 rings (SSSR count). The zero-order chi connectivity index (χ0) is 18.1. The molecule has 0 aromatic heterocycles. The number of carbonyl (C=O) groups is 2. The third-order valence-electron chi connectivity index (χ3n) is 3.84. The summed E-state index contributed by atoms with van der Waals surface area (Å²) in [6, 6.07) is 4.79. The van der Waals surface area contributed by atoms with Crippen molar-refractivity contribution in [2.75, 3.05) is 13.1 Å². The normalized spacial score (nSPS) is 22.3. The van der Waals surface area contributed by atoms with Crippen LogP contribution in [-0.2, 0) is 9.59 Å². The van der Waals surface area contributed by atoms with E-state index >= 15 is 0 Å². The van der Waals surface area contributed by atoms with Gasteiger partial charge in [0.25, 0.3) is 5.91 Å². The van der Waals surface area contributed by atoms with Crippen molar-refractivity contribution in [1.82, 2.24) is 4.90 Å². The van der Waals surface area contributed by atoms with Crippen LogP contribution in [0.1, 0.15) is 6.92 Å². The first-order valence-electron chi connectivity index (χ1n) is 7.10. The minimum atomic E-state index is -4.71. The first-order chi connectivity index (χ1) is 11.1. The van der Waals surface area contributed by atoms with Crippen molar-refractivity contribution >= 4 is 11.9 Å². The van der Waals surface area contributed by atoms with Crippen LogP contribution in [0.2, 0.25) is 0 Å². The van der Waals surface area contributed by atoms with E-state index < -0.39 is 54.9 Å². The van der Waals surface area contributed by atoms with Crippen molar-refractivity contribution in [3.8, 4) is 5.75 Å². The van der Waals surface area contributed by atoms with E-state index in [0.717, 1.165) is 17.0 Å². The fraction of sp³-hybridized carbons (Fsp3) is 0.467. The Morgan fingerprint density at radius 3 is 2.29 bits per heavy atom. The third kappa shape index (κ3) is 3.95. The molecule has 9 heteroatoms. The van der Waals surface area contributed by atoms with Gasteiger partial charge < -0.3 is 14.7 Å². The number of carboxylic acids is 1. The van der Waals surface area contributed by atoms with Gasteiger partial charge in [-0.15, -0.1) is 0 Å². The molecule has 1 aromatic carbocycles. The molecular weight excluding hydrogens is 334 g/mol. The Morgan fingerprint density at radius 1 is 1.25 bits per heavy atom. The fourth-order valence-corrected chi connectivity index (χ4v) is 2.59. The van der Waals surface area contributed by atoms with Crippen molar-refractivity contribution in [2.45, 2.75) is 19.2 Å². The largest absolute Gasteiger partial charge is 0.481 e. The molecule has 1 saturated heterocycles. The summed E-state index contributed by atoms with van der Waals surface area (Å²) < 4.78 is 56.9. The Bertz CT molecular complexity index is 617. The highest BCUT2D eigenvalue weighted by Crippen LogP contribution is 2.38. The van der Waals surface area contributed by atoms with Crippen LogP contribution in [0.5, 0.6) is 5.75 Å². The maximum Gasteiger partial charge on any atom is 0.394 e. The maximum atomic E-state index is 12.9. The highest BCUT2D eigenvalue weighted by molar-refractivity contribution is 5.82. The summed E-state index contributed by atoms with van der Waals surface area (Å²) in [5.41, 5.74) is 0. The Balaban J connectivity index is 2.06. The van der Waals surface area contributed by atoms with Gasteiger partial charge in [-0.1, -0.05) is 0 Å². The molecule has 0 bridgehead atoms. The summed E-state index contributed by atoms with van der Waals surface area (Å²) in [5, 5.41) is 8.94. The summed E-state index contributed by atoms with van der Waals surface area (Å²) >= 11 is 0. The number of halogens is 4. The number of carboxylic acid groups (broad SMARTS) is 1. The van der Waals surface area contributed by atoms with Gasteiger partial charge in [0, 0.05) is 13.1 Å². The van der Waals surface area contributed by atoms with Crippen LogP contribution < -0.4 is 4.74 Å². The molecule has 1 aliphatic heterocycles. The van der Waals surface area contributed by atoms with E-state index in [1.165, 1.54) is 19.1 Å². The van der Waals surface area contributed by atoms with Crippen LogP contribution >= 0.6 is 0 Å². The maximum absolute atomic E-state index is 12.9. The monoisotopic (exact) mass is 349 g/mol. The number of alkyl halides is 3. The van der Waals surface area contributed by atoms with Crippen molar-refractivity contribution in [2.24, 2.45) is 11.8 Å². The van der Waals surface area contributed by atoms with Gasteiger partial charge in [-0.25, -0.2) is 4.39 Å². The highest BCUT2D eigenvalue weighted by Gasteiger charge is 2.53. The van der Waals surface area contributed by atoms with Crippen molar-refractivity contribution in [3.05, 3.63) is 30.1 Å². The standard InChI is InChI=1S/C15H15F4NO4/c1-8(24-10-4-2-9(16)3-5-10)13(21)20-6-11(14(22)23)12(7-20)15(17,18)19/h2-5,8,11-12H,6-7H2,1H3,(H,22,23)/t8?,11-,12-/m1/s1. The number of nitrogens with zero attached hydrogens (tertiary/aromatic N) is 1. The molecule has 0 radical (unpaired) electrons. The molecule has 3 atom stereocenters. The predicted octanol–water partition coefficient (Wildman–Crippen LogP) is 2.31. The van der Waals surface area contributed by atoms with Crippen LogP contribution in [0.25, 0.3) is 0 Å². The molecule has 1 unspecified atom stereocenters. The van der Waals surface area contributed by atoms with Crippen molar-refractivity contribution in [3.63, 3.8) is 0 Å². The number of hydrogen-bond donors (Lipinski definition) is 1. The van der Waals surface area contributed by atoms with E-state index in [4.69, 9.17) is 9.84 Å². The quantitative estimate of drug-likeness (QED) is 0.847. The second-order valence-electron chi connectivity index (χ2n) is 5.55. The molecule has 132 valence electrons. The van der Waals surface area contributed by atoms with E-state index in [1.54, 1.807) is 0 Å². The van der Waals surface area contributed by atoms with E-state index in [9.17, 15) is 27.2 Å². The lowest BCUT2D eigenvalue weighted by molar-refractivity contribution is -0.188. The number of amides is 1. The molecule has 1 aliphatic rings. The van der Waals surface area contributed by atoms with Crippen LogP contribution in [0.15, 0.2) is 24.3 Å². The van der Waals surface area contributed by atoms with Crippen LogP contribution in [0.3, 0.4) is 0 Å². The number of rotatable bonds is 4. The molecule has 24 heavy (non-hydrogen) atoms. The molecule has 0 saturated carbocycles. The average molecular weight is 349 g/mol. The molecule has 1 fully saturated rings. The lowest BCUT2D eigenvalue weighted by Gasteiger charge is -2.22. The zero-order valence-electron chi connectivity index (χ0n) is 12.6. The van der Waals surface area contributed by atoms with Gasteiger partial charge in [0.1, 0.15) is 11.6 Å². The van der Waals surface area contributed by atoms with Gasteiger partial charge >= 0.3 is 12.1 Å². The molecule has 0 spiro atoms. The molecule has 1 heterocycles. The second-order valence-corrected chi connectivity index (χ2v) is 5.55. The minimum absolute atomic E-state index is 0.179. The van der Waals surface area contributed by atoms with Gasteiger partial charge in [0.2, 0.25) is 0 Å². The van der Waals surface area contributed by atoms with E-state index in [-0.39, 0.29) is 5.75 Å². The fourth-order valence-electron chi connectivity index (χ4n) is 2.59. The minimum Gasteiger partial charge on any atom is -0.481 e. The number of carbonyl (C=O) groups excluding carboxylic acids is 1. The lowest BCUT2D eigenvalue weighted by Crippen LogP contribution is -2.40. The first kappa shape index (κ1) is 18.0. The number of aliphatic carboxylic acids is 1. The van der Waals surface area contributed by atoms with Crippen LogP contribution in [0, 0.1) is 17.7 Å². The lowest BCUT2D eigenvalue weighted by atomic mass is 9.96. The second kappa shape index (κ2) is 6.66. The number of benzene rings is 1. The zero-order valence-corrected chi connectivity index (χ0v) is 12.6. The molecule has 1 aromatic rings. The first-order valence-corrected chi connectivity index (χ1v) is 7.10. The summed E-state index contributed by atoms with van der Waals surface area (Å²) in [6.45, 7) is 0.0776. The van der Waals surface area contributed by atoms with Crippen LogP contribution in [-0.4, -0.2) is 47.3 Å². The smallest absolute Gasteiger partial charge is 0.394 e. The average Bonchev–Trinajstić information content (AvgIpc) is 2.94. The van der Waals surface area contributed by atoms with E-state index in [2.05, 4.69) is 0 Å². The van der Waals surface area contributed by atoms with E-state index in [1.807, 2.05) is 0 Å². The van der Waals surface area contributed by atoms with Crippen molar-refractivity contribution in [1.29, 1.82) is 0 Å². The summed E-state index contributed by atoms with van der Waals surface area (Å²) in [6.07, 6.45) is -5.84. The summed E-state index contributed by atoms with van der Waals surface area (Å²) in [7, 11) is 0.